The number of rotatable bonds is 1. The molecule has 0 radical (unpaired) electrons. The number of fused-ring (bicyclic) bond motifs is 5. The van der Waals surface area contributed by atoms with Crippen molar-refractivity contribution in [3.8, 4) is 0 Å². The van der Waals surface area contributed by atoms with Gasteiger partial charge < -0.3 is 20.1 Å². The maximum absolute atomic E-state index is 10.4. The molecule has 5 atom stereocenters. The Labute approximate surface area is 120 Å². The fourth-order valence-corrected chi connectivity index (χ4v) is 3.48. The molecule has 0 aromatic rings. The standard InChI is InChI=1S/C13H16N4O4/c1-12(4-18)9(19)10(20)13(21-12)6-2-3-7-11(14)15-5-16-17(7)8(6)13/h2-3,5,8-10,18-20H,4H2,1H3,(H2,14,15,16)/t8?,9-,10+,12+,13?/m0/s1. The quantitative estimate of drug-likeness (QED) is 0.391. The van der Waals surface area contributed by atoms with Crippen molar-refractivity contribution in [1.82, 2.24) is 10.4 Å². The third kappa shape index (κ3) is 1.33. The Morgan fingerprint density at radius 1 is 1.43 bits per heavy atom. The van der Waals surface area contributed by atoms with Crippen LogP contribution in [0.15, 0.2) is 28.4 Å². The van der Waals surface area contributed by atoms with Gasteiger partial charge in [-0.15, -0.1) is 0 Å². The van der Waals surface area contributed by atoms with Crippen molar-refractivity contribution in [3.05, 3.63) is 23.4 Å². The van der Waals surface area contributed by atoms with Gasteiger partial charge in [-0.05, 0) is 18.6 Å². The van der Waals surface area contributed by atoms with E-state index in [1.54, 1.807) is 24.1 Å². The highest BCUT2D eigenvalue weighted by Crippen LogP contribution is 2.61. The highest BCUT2D eigenvalue weighted by molar-refractivity contribution is 6.02. The van der Waals surface area contributed by atoms with Crippen LogP contribution < -0.4 is 5.43 Å². The minimum Gasteiger partial charge on any atom is -0.393 e. The summed E-state index contributed by atoms with van der Waals surface area (Å²) in [5.74, 6) is 0.115. The molecule has 0 aromatic carbocycles. The minimum absolute atomic E-state index is 0.115. The summed E-state index contributed by atoms with van der Waals surface area (Å²) in [6.45, 7) is 1.18. The first-order chi connectivity index (χ1) is 9.95. The van der Waals surface area contributed by atoms with Crippen LogP contribution in [-0.4, -0.2) is 68.6 Å². The number of aliphatic imine (C=N–C) groups is 1. The van der Waals surface area contributed by atoms with E-state index in [0.717, 1.165) is 5.57 Å². The van der Waals surface area contributed by atoms with Crippen molar-refractivity contribution in [2.45, 2.75) is 36.4 Å². The van der Waals surface area contributed by atoms with Gasteiger partial charge in [-0.1, -0.05) is 6.08 Å². The summed E-state index contributed by atoms with van der Waals surface area (Å²) >= 11 is 0. The van der Waals surface area contributed by atoms with Crippen molar-refractivity contribution in [1.29, 1.82) is 5.41 Å². The Bertz CT molecular complexity index is 630. The molecular weight excluding hydrogens is 276 g/mol. The van der Waals surface area contributed by atoms with Gasteiger partial charge in [0.15, 0.2) is 5.84 Å². The zero-order valence-corrected chi connectivity index (χ0v) is 11.3. The van der Waals surface area contributed by atoms with Gasteiger partial charge in [-0.25, -0.2) is 4.99 Å². The van der Waals surface area contributed by atoms with Gasteiger partial charge in [0.05, 0.1) is 6.61 Å². The number of ether oxygens (including phenoxy) is 1. The van der Waals surface area contributed by atoms with Crippen molar-refractivity contribution < 1.29 is 20.1 Å². The predicted molar refractivity (Wildman–Crippen MR) is 72.5 cm³/mol. The molecule has 1 saturated carbocycles. The number of amidine groups is 1. The molecular formula is C13H16N4O4. The Kier molecular flexibility index (Phi) is 2.29. The Morgan fingerprint density at radius 3 is 2.86 bits per heavy atom. The first-order valence-electron chi connectivity index (χ1n) is 6.72. The summed E-state index contributed by atoms with van der Waals surface area (Å²) in [6, 6.07) is -0.331. The summed E-state index contributed by atoms with van der Waals surface area (Å²) in [4.78, 5) is 3.88. The molecule has 5 N–H and O–H groups in total. The van der Waals surface area contributed by atoms with Gasteiger partial charge >= 0.3 is 0 Å². The number of nitrogens with one attached hydrogen (secondary N) is 2. The molecule has 1 aliphatic carbocycles. The Balaban J connectivity index is 1.73. The SMILES string of the molecule is C[C@]1(CO)OC2(C3=CC=C4C(=N)N=CNN4C32)[C@H](O)[C@@H]1O. The highest BCUT2D eigenvalue weighted by atomic mass is 16.6. The van der Waals surface area contributed by atoms with Crippen LogP contribution in [0.1, 0.15) is 6.92 Å². The van der Waals surface area contributed by atoms with E-state index in [0.29, 0.717) is 5.70 Å². The number of hydrogen-bond acceptors (Lipinski definition) is 7. The zero-order valence-electron chi connectivity index (χ0n) is 11.3. The third-order valence-corrected chi connectivity index (χ3v) is 4.72. The van der Waals surface area contributed by atoms with Crippen molar-refractivity contribution in [2.24, 2.45) is 4.99 Å². The second kappa shape index (κ2) is 3.72. The van der Waals surface area contributed by atoms with Crippen LogP contribution in [0, 0.1) is 5.41 Å². The number of aliphatic hydroxyl groups is 3. The Hall–Kier alpha value is -1.74. The van der Waals surface area contributed by atoms with Crippen LogP contribution in [0.3, 0.4) is 0 Å². The number of allylic oxidation sites excluding steroid dienone is 2. The van der Waals surface area contributed by atoms with Gasteiger partial charge in [0.25, 0.3) is 0 Å². The fourth-order valence-electron chi connectivity index (χ4n) is 3.48. The minimum atomic E-state index is -1.21. The average Bonchev–Trinajstić information content (AvgIpc) is 3.09. The lowest BCUT2D eigenvalue weighted by Gasteiger charge is -2.31. The molecule has 0 bridgehead atoms. The summed E-state index contributed by atoms with van der Waals surface area (Å²) < 4.78 is 5.90. The van der Waals surface area contributed by atoms with E-state index in [4.69, 9.17) is 10.1 Å². The third-order valence-electron chi connectivity index (χ3n) is 4.72. The fraction of sp³-hybridized carbons (Fsp3) is 0.538. The van der Waals surface area contributed by atoms with E-state index < -0.39 is 30.0 Å². The second-order valence-electron chi connectivity index (χ2n) is 5.94. The molecule has 4 rings (SSSR count). The van der Waals surface area contributed by atoms with Crippen LogP contribution in [0.25, 0.3) is 0 Å². The number of hydrazine groups is 1. The van der Waals surface area contributed by atoms with Crippen molar-refractivity contribution >= 4 is 12.2 Å². The van der Waals surface area contributed by atoms with Gasteiger partial charge in [-0.2, -0.15) is 0 Å². The maximum Gasteiger partial charge on any atom is 0.171 e. The van der Waals surface area contributed by atoms with Crippen LogP contribution in [0.2, 0.25) is 0 Å². The van der Waals surface area contributed by atoms with Gasteiger partial charge in [0, 0.05) is 0 Å². The molecule has 4 aliphatic rings. The molecule has 2 fully saturated rings. The Morgan fingerprint density at radius 2 is 2.19 bits per heavy atom. The maximum atomic E-state index is 10.4. The summed E-state index contributed by atoms with van der Waals surface area (Å²) in [5, 5.41) is 39.6. The molecule has 21 heavy (non-hydrogen) atoms. The lowest BCUT2D eigenvalue weighted by molar-refractivity contribution is -0.108. The van der Waals surface area contributed by atoms with Crippen molar-refractivity contribution in [2.75, 3.05) is 6.61 Å². The van der Waals surface area contributed by atoms with E-state index in [9.17, 15) is 15.3 Å². The van der Waals surface area contributed by atoms with Gasteiger partial charge in [0.2, 0.25) is 0 Å². The highest BCUT2D eigenvalue weighted by Gasteiger charge is 2.78. The summed E-state index contributed by atoms with van der Waals surface area (Å²) in [5.41, 5.74) is 2.04. The molecule has 8 nitrogen and oxygen atoms in total. The molecule has 0 amide bonds. The predicted octanol–water partition coefficient (Wildman–Crippen LogP) is -1.74. The molecule has 0 aromatic heterocycles. The number of aliphatic hydroxyl groups excluding tert-OH is 3. The molecule has 1 saturated heterocycles. The molecule has 112 valence electrons. The first kappa shape index (κ1) is 13.0. The lowest BCUT2D eigenvalue weighted by Crippen LogP contribution is -2.48. The summed E-state index contributed by atoms with van der Waals surface area (Å²) in [6.07, 6.45) is 2.58. The van der Waals surface area contributed by atoms with Crippen LogP contribution >= 0.6 is 0 Å². The molecule has 8 heteroatoms. The monoisotopic (exact) mass is 292 g/mol. The molecule has 2 unspecified atom stereocenters. The second-order valence-corrected chi connectivity index (χ2v) is 5.94. The van der Waals surface area contributed by atoms with E-state index in [1.165, 1.54) is 6.34 Å². The van der Waals surface area contributed by atoms with Gasteiger partial charge in [-0.3, -0.25) is 15.8 Å². The van der Waals surface area contributed by atoms with Crippen molar-refractivity contribution in [3.63, 3.8) is 0 Å². The smallest absolute Gasteiger partial charge is 0.171 e. The van der Waals surface area contributed by atoms with Crippen LogP contribution in [0.5, 0.6) is 0 Å². The van der Waals surface area contributed by atoms with E-state index in [1.807, 2.05) is 0 Å². The van der Waals surface area contributed by atoms with Gasteiger partial charge in [0.1, 0.15) is 41.5 Å². The first-order valence-corrected chi connectivity index (χ1v) is 6.72. The lowest BCUT2D eigenvalue weighted by atomic mass is 9.96. The van der Waals surface area contributed by atoms with E-state index >= 15 is 0 Å². The van der Waals surface area contributed by atoms with E-state index in [-0.39, 0.29) is 11.9 Å². The molecule has 3 heterocycles. The van der Waals surface area contributed by atoms with E-state index in [2.05, 4.69) is 10.4 Å². The zero-order chi connectivity index (χ0) is 15.0. The molecule has 3 aliphatic heterocycles. The normalized spacial score (nSPS) is 46.8. The average molecular weight is 292 g/mol. The van der Waals surface area contributed by atoms with Crippen LogP contribution in [0.4, 0.5) is 0 Å². The van der Waals surface area contributed by atoms with Crippen LogP contribution in [-0.2, 0) is 4.74 Å². The topological polar surface area (TPSA) is 121 Å². The number of hydrogen-bond donors (Lipinski definition) is 5. The number of nitrogens with zero attached hydrogens (tertiary/aromatic N) is 2. The molecule has 1 spiro atoms. The summed E-state index contributed by atoms with van der Waals surface area (Å²) in [7, 11) is 0. The largest absolute Gasteiger partial charge is 0.393 e.